The van der Waals surface area contributed by atoms with E-state index in [0.29, 0.717) is 5.75 Å². The standard InChI is InChI=1S/C7H7NO4S.C6H6O/c1-13(11,12)7-5-3-2-4-6(7)8(9)10;7-6-4-2-1-3-5-6/h2-5H,1H3;1-5,7H. The molecule has 0 radical (unpaired) electrons. The second-order valence-electron chi connectivity index (χ2n) is 3.83. The molecule has 0 aliphatic heterocycles. The van der Waals surface area contributed by atoms with E-state index in [4.69, 9.17) is 5.11 Å². The number of hydrogen-bond acceptors (Lipinski definition) is 5. The van der Waals surface area contributed by atoms with Gasteiger partial charge in [-0.3, -0.25) is 10.1 Å². The highest BCUT2D eigenvalue weighted by Crippen LogP contribution is 2.22. The Hall–Kier alpha value is -2.41. The number of aromatic hydroxyl groups is 1. The van der Waals surface area contributed by atoms with Crippen LogP contribution in [0.1, 0.15) is 0 Å². The predicted octanol–water partition coefficient (Wildman–Crippen LogP) is 2.39. The van der Waals surface area contributed by atoms with Gasteiger partial charge in [-0.2, -0.15) is 0 Å². The van der Waals surface area contributed by atoms with E-state index in [0.717, 1.165) is 12.3 Å². The lowest BCUT2D eigenvalue weighted by atomic mass is 10.3. The van der Waals surface area contributed by atoms with Gasteiger partial charge in [-0.15, -0.1) is 0 Å². The van der Waals surface area contributed by atoms with Gasteiger partial charge in [0.15, 0.2) is 9.84 Å². The maximum atomic E-state index is 11.1. The Morgan fingerprint density at radius 3 is 1.85 bits per heavy atom. The molecule has 7 heteroatoms. The lowest BCUT2D eigenvalue weighted by Gasteiger charge is -1.98. The molecule has 1 N–H and O–H groups in total. The van der Waals surface area contributed by atoms with Crippen molar-refractivity contribution in [1.29, 1.82) is 0 Å². The molecule has 2 rings (SSSR count). The van der Waals surface area contributed by atoms with Crippen molar-refractivity contribution < 1.29 is 18.4 Å². The normalized spacial score (nSPS) is 10.2. The Balaban J connectivity index is 0.000000240. The average Bonchev–Trinajstić information content (AvgIpc) is 2.39. The van der Waals surface area contributed by atoms with E-state index < -0.39 is 14.8 Å². The fourth-order valence-electron chi connectivity index (χ4n) is 1.35. The van der Waals surface area contributed by atoms with E-state index in [1.807, 2.05) is 6.07 Å². The molecule has 0 spiro atoms. The second-order valence-corrected chi connectivity index (χ2v) is 5.82. The van der Waals surface area contributed by atoms with Crippen LogP contribution in [-0.4, -0.2) is 24.7 Å². The fourth-order valence-corrected chi connectivity index (χ4v) is 2.20. The molecule has 106 valence electrons. The second kappa shape index (κ2) is 6.67. The number of phenolic OH excluding ortho intramolecular Hbond substituents is 1. The summed E-state index contributed by atoms with van der Waals surface area (Å²) in [5, 5.41) is 19.0. The largest absolute Gasteiger partial charge is 0.508 e. The number of nitro benzene ring substituents is 1. The van der Waals surface area contributed by atoms with Crippen LogP contribution in [0.4, 0.5) is 5.69 Å². The van der Waals surface area contributed by atoms with E-state index in [2.05, 4.69) is 0 Å². The van der Waals surface area contributed by atoms with Crippen molar-refractivity contribution >= 4 is 15.5 Å². The molecule has 0 aliphatic rings. The van der Waals surface area contributed by atoms with Crippen LogP contribution < -0.4 is 0 Å². The summed E-state index contributed by atoms with van der Waals surface area (Å²) in [6.07, 6.45) is 0.940. The Bertz CT molecular complexity index is 683. The van der Waals surface area contributed by atoms with Crippen molar-refractivity contribution in [2.75, 3.05) is 6.26 Å². The monoisotopic (exact) mass is 295 g/mol. The molecule has 0 amide bonds. The van der Waals surface area contributed by atoms with Crippen LogP contribution in [0.25, 0.3) is 0 Å². The minimum absolute atomic E-state index is 0.250. The molecule has 0 fully saturated rings. The summed E-state index contributed by atoms with van der Waals surface area (Å²) in [5.74, 6) is 0.322. The molecule has 20 heavy (non-hydrogen) atoms. The smallest absolute Gasteiger partial charge is 0.287 e. The summed E-state index contributed by atoms with van der Waals surface area (Å²) in [7, 11) is -3.52. The van der Waals surface area contributed by atoms with Gasteiger partial charge < -0.3 is 5.11 Å². The van der Waals surface area contributed by atoms with Crippen LogP contribution in [0, 0.1) is 10.1 Å². The van der Waals surface area contributed by atoms with Crippen LogP contribution in [0.3, 0.4) is 0 Å². The van der Waals surface area contributed by atoms with Gasteiger partial charge >= 0.3 is 0 Å². The number of benzene rings is 2. The minimum Gasteiger partial charge on any atom is -0.508 e. The highest BCUT2D eigenvalue weighted by molar-refractivity contribution is 7.90. The van der Waals surface area contributed by atoms with Crippen molar-refractivity contribution in [2.24, 2.45) is 0 Å². The number of para-hydroxylation sites is 2. The topological polar surface area (TPSA) is 97.5 Å². The summed E-state index contributed by atoms with van der Waals surface area (Å²) in [5.41, 5.74) is -0.384. The Morgan fingerprint density at radius 2 is 1.50 bits per heavy atom. The lowest BCUT2D eigenvalue weighted by molar-refractivity contribution is -0.387. The number of nitrogens with zero attached hydrogens (tertiary/aromatic N) is 1. The Kier molecular flexibility index (Phi) is 5.22. The highest BCUT2D eigenvalue weighted by Gasteiger charge is 2.20. The first-order valence-electron chi connectivity index (χ1n) is 5.50. The van der Waals surface area contributed by atoms with Crippen molar-refractivity contribution in [2.45, 2.75) is 4.90 Å². The van der Waals surface area contributed by atoms with Gasteiger partial charge in [0.05, 0.1) is 4.92 Å². The van der Waals surface area contributed by atoms with Crippen LogP contribution in [0.5, 0.6) is 5.75 Å². The molecule has 0 unspecified atom stereocenters. The van der Waals surface area contributed by atoms with Crippen molar-refractivity contribution in [1.82, 2.24) is 0 Å². The SMILES string of the molecule is CS(=O)(=O)c1ccccc1[N+](=O)[O-].Oc1ccccc1. The fraction of sp³-hybridized carbons (Fsp3) is 0.0769. The van der Waals surface area contributed by atoms with Crippen LogP contribution >= 0.6 is 0 Å². The third kappa shape index (κ3) is 4.69. The van der Waals surface area contributed by atoms with E-state index in [1.165, 1.54) is 18.2 Å². The number of nitro groups is 1. The first-order valence-corrected chi connectivity index (χ1v) is 7.39. The van der Waals surface area contributed by atoms with Gasteiger partial charge in [0.1, 0.15) is 10.6 Å². The van der Waals surface area contributed by atoms with E-state index in [-0.39, 0.29) is 10.6 Å². The van der Waals surface area contributed by atoms with Crippen molar-refractivity contribution in [3.05, 3.63) is 64.7 Å². The zero-order valence-electron chi connectivity index (χ0n) is 10.6. The predicted molar refractivity (Wildman–Crippen MR) is 74.3 cm³/mol. The third-order valence-electron chi connectivity index (χ3n) is 2.22. The van der Waals surface area contributed by atoms with E-state index in [1.54, 1.807) is 24.3 Å². The Labute approximate surface area is 116 Å². The average molecular weight is 295 g/mol. The molecule has 0 aromatic heterocycles. The molecule has 0 aliphatic carbocycles. The lowest BCUT2D eigenvalue weighted by Crippen LogP contribution is -2.01. The molecule has 2 aromatic carbocycles. The molecular formula is C13H13NO5S. The number of rotatable bonds is 2. The van der Waals surface area contributed by atoms with Crippen LogP contribution in [0.2, 0.25) is 0 Å². The number of sulfone groups is 1. The van der Waals surface area contributed by atoms with Gasteiger partial charge in [-0.25, -0.2) is 8.42 Å². The van der Waals surface area contributed by atoms with E-state index >= 15 is 0 Å². The third-order valence-corrected chi connectivity index (χ3v) is 3.36. The van der Waals surface area contributed by atoms with Gasteiger partial charge in [-0.05, 0) is 18.2 Å². The highest BCUT2D eigenvalue weighted by atomic mass is 32.2. The van der Waals surface area contributed by atoms with Gasteiger partial charge in [-0.1, -0.05) is 30.3 Å². The molecule has 0 saturated heterocycles. The minimum atomic E-state index is -3.52. The van der Waals surface area contributed by atoms with Gasteiger partial charge in [0, 0.05) is 12.3 Å². The molecule has 0 heterocycles. The molecule has 0 bridgehead atoms. The van der Waals surface area contributed by atoms with Gasteiger partial charge in [0.25, 0.3) is 5.69 Å². The quantitative estimate of drug-likeness (QED) is 0.677. The van der Waals surface area contributed by atoms with E-state index in [9.17, 15) is 18.5 Å². The summed E-state index contributed by atoms with van der Waals surface area (Å²) >= 11 is 0. The summed E-state index contributed by atoms with van der Waals surface area (Å²) in [6.45, 7) is 0. The molecule has 0 saturated carbocycles. The molecule has 0 atom stereocenters. The zero-order chi connectivity index (χ0) is 15.2. The molecular weight excluding hydrogens is 282 g/mol. The molecule has 6 nitrogen and oxygen atoms in total. The first kappa shape index (κ1) is 15.6. The maximum absolute atomic E-state index is 11.1. The summed E-state index contributed by atoms with van der Waals surface area (Å²) in [6, 6.07) is 14.0. The number of phenols is 1. The summed E-state index contributed by atoms with van der Waals surface area (Å²) < 4.78 is 22.1. The van der Waals surface area contributed by atoms with Crippen molar-refractivity contribution in [3.8, 4) is 5.75 Å². The molecule has 2 aromatic rings. The zero-order valence-corrected chi connectivity index (χ0v) is 11.4. The van der Waals surface area contributed by atoms with Gasteiger partial charge in [0.2, 0.25) is 0 Å². The maximum Gasteiger partial charge on any atom is 0.287 e. The number of hydrogen-bond donors (Lipinski definition) is 1. The van der Waals surface area contributed by atoms with Crippen LogP contribution in [0.15, 0.2) is 59.5 Å². The Morgan fingerprint density at radius 1 is 1.00 bits per heavy atom. The summed E-state index contributed by atoms with van der Waals surface area (Å²) in [4.78, 5) is 9.45. The van der Waals surface area contributed by atoms with Crippen LogP contribution in [-0.2, 0) is 9.84 Å². The first-order chi connectivity index (χ1) is 9.32. The van der Waals surface area contributed by atoms with Crippen molar-refractivity contribution in [3.63, 3.8) is 0 Å².